The Labute approximate surface area is 172 Å². The lowest BCUT2D eigenvalue weighted by Crippen LogP contribution is -2.47. The van der Waals surface area contributed by atoms with Crippen LogP contribution in [0, 0.1) is 5.92 Å². The van der Waals surface area contributed by atoms with Crippen molar-refractivity contribution in [1.82, 2.24) is 10.4 Å². The van der Waals surface area contributed by atoms with Crippen LogP contribution in [0.25, 0.3) is 0 Å². The molecule has 0 unspecified atom stereocenters. The highest BCUT2D eigenvalue weighted by Crippen LogP contribution is 2.14. The maximum Gasteiger partial charge on any atom is 0.246 e. The Morgan fingerprint density at radius 3 is 2.41 bits per heavy atom. The third-order valence-corrected chi connectivity index (χ3v) is 4.68. The fourth-order valence-electron chi connectivity index (χ4n) is 3.02. The number of amides is 3. The molecule has 0 heterocycles. The summed E-state index contributed by atoms with van der Waals surface area (Å²) in [5.74, 6) is -1.23. The van der Waals surface area contributed by atoms with Gasteiger partial charge in [-0.05, 0) is 44.4 Å². The van der Waals surface area contributed by atoms with Crippen molar-refractivity contribution in [2.75, 3.05) is 18.4 Å². The molecule has 0 saturated carbocycles. The molecule has 8 nitrogen and oxygen atoms in total. The number of benzene rings is 1. The van der Waals surface area contributed by atoms with Crippen LogP contribution in [-0.2, 0) is 14.4 Å². The van der Waals surface area contributed by atoms with Gasteiger partial charge in [-0.1, -0.05) is 44.4 Å². The Hall–Kier alpha value is -2.45. The summed E-state index contributed by atoms with van der Waals surface area (Å²) in [6.45, 7) is 2.47. The van der Waals surface area contributed by atoms with Crippen molar-refractivity contribution in [3.63, 3.8) is 0 Å². The number of nitrogens with one attached hydrogen (secondary N) is 2. The molecule has 5 N–H and O–H groups in total. The van der Waals surface area contributed by atoms with Gasteiger partial charge in [0.1, 0.15) is 6.04 Å². The molecular formula is C21H34N4O4. The number of hydrogen-bond donors (Lipinski definition) is 4. The number of nitrogens with two attached hydrogens (primary N) is 1. The van der Waals surface area contributed by atoms with Gasteiger partial charge in [-0.25, -0.2) is 5.06 Å². The second-order valence-corrected chi connectivity index (χ2v) is 7.12. The van der Waals surface area contributed by atoms with Crippen LogP contribution in [0.5, 0.6) is 0 Å². The molecule has 0 bridgehead atoms. The lowest BCUT2D eigenvalue weighted by molar-refractivity contribution is -0.155. The van der Waals surface area contributed by atoms with E-state index in [1.165, 1.54) is 0 Å². The lowest BCUT2D eigenvalue weighted by atomic mass is 9.99. The number of rotatable bonds is 15. The summed E-state index contributed by atoms with van der Waals surface area (Å²) in [6, 6.07) is 8.32. The maximum absolute atomic E-state index is 12.8. The minimum atomic E-state index is -0.716. The smallest absolute Gasteiger partial charge is 0.246 e. The van der Waals surface area contributed by atoms with Crippen molar-refractivity contribution in [1.29, 1.82) is 0 Å². The highest BCUT2D eigenvalue weighted by molar-refractivity contribution is 5.97. The Kier molecular flexibility index (Phi) is 12.3. The molecule has 8 heteroatoms. The molecule has 0 saturated heterocycles. The fourth-order valence-corrected chi connectivity index (χ4v) is 3.02. The Morgan fingerprint density at radius 2 is 1.79 bits per heavy atom. The molecule has 0 aliphatic heterocycles. The number of hydroxylamine groups is 2. The summed E-state index contributed by atoms with van der Waals surface area (Å²) >= 11 is 0. The van der Waals surface area contributed by atoms with Crippen molar-refractivity contribution in [3.8, 4) is 0 Å². The molecule has 0 aliphatic carbocycles. The standard InChI is InChI=1S/C21H34N4O4/c1-2-3-5-10-17(15-25(29)16-26)20(27)24-19(13-8-9-14-22)21(28)23-18-11-6-4-7-12-18/h4,6-7,11-12,16-17,19,29H,2-3,5,8-10,13-15,22H2,1H3,(H,23,28)(H,24,27)/t17-,19+/m1/s1. The first-order chi connectivity index (χ1) is 14.0. The maximum atomic E-state index is 12.8. The third-order valence-electron chi connectivity index (χ3n) is 4.68. The third kappa shape index (κ3) is 10.0. The van der Waals surface area contributed by atoms with Crippen LogP contribution in [0.3, 0.4) is 0 Å². The normalized spacial score (nSPS) is 12.7. The van der Waals surface area contributed by atoms with Crippen LogP contribution < -0.4 is 16.4 Å². The molecule has 0 radical (unpaired) electrons. The van der Waals surface area contributed by atoms with Crippen molar-refractivity contribution in [3.05, 3.63) is 30.3 Å². The number of hydrogen-bond acceptors (Lipinski definition) is 5. The van der Waals surface area contributed by atoms with E-state index in [1.54, 1.807) is 12.1 Å². The topological polar surface area (TPSA) is 125 Å². The molecular weight excluding hydrogens is 372 g/mol. The second-order valence-electron chi connectivity index (χ2n) is 7.12. The van der Waals surface area contributed by atoms with Gasteiger partial charge < -0.3 is 16.4 Å². The molecule has 162 valence electrons. The minimum absolute atomic E-state index is 0.102. The average molecular weight is 407 g/mol. The Morgan fingerprint density at radius 1 is 1.10 bits per heavy atom. The van der Waals surface area contributed by atoms with Gasteiger partial charge in [-0.3, -0.25) is 19.6 Å². The van der Waals surface area contributed by atoms with Gasteiger partial charge in [0.15, 0.2) is 0 Å². The monoisotopic (exact) mass is 406 g/mol. The summed E-state index contributed by atoms with van der Waals surface area (Å²) in [4.78, 5) is 36.3. The molecule has 0 fully saturated rings. The summed E-state index contributed by atoms with van der Waals surface area (Å²) in [5.41, 5.74) is 6.20. The van der Waals surface area contributed by atoms with E-state index in [4.69, 9.17) is 5.73 Å². The first-order valence-corrected chi connectivity index (χ1v) is 10.3. The number of unbranched alkanes of at least 4 members (excludes halogenated alkanes) is 3. The van der Waals surface area contributed by atoms with Gasteiger partial charge in [0.25, 0.3) is 0 Å². The predicted molar refractivity (Wildman–Crippen MR) is 112 cm³/mol. The average Bonchev–Trinajstić information content (AvgIpc) is 2.72. The molecule has 3 amide bonds. The summed E-state index contributed by atoms with van der Waals surface area (Å²) in [7, 11) is 0. The first-order valence-electron chi connectivity index (χ1n) is 10.3. The second kappa shape index (κ2) is 14.5. The van der Waals surface area contributed by atoms with Crippen molar-refractivity contribution in [2.24, 2.45) is 11.7 Å². The van der Waals surface area contributed by atoms with Gasteiger partial charge in [0.05, 0.1) is 12.5 Å². The van der Waals surface area contributed by atoms with E-state index in [-0.39, 0.29) is 24.8 Å². The molecule has 1 rings (SSSR count). The zero-order valence-corrected chi connectivity index (χ0v) is 17.2. The largest absolute Gasteiger partial charge is 0.344 e. The quantitative estimate of drug-likeness (QED) is 0.154. The van der Waals surface area contributed by atoms with E-state index in [9.17, 15) is 19.6 Å². The number of nitrogens with zero attached hydrogens (tertiary/aromatic N) is 1. The van der Waals surface area contributed by atoms with E-state index < -0.39 is 12.0 Å². The molecule has 29 heavy (non-hydrogen) atoms. The summed E-state index contributed by atoms with van der Waals surface area (Å²) in [6.07, 6.45) is 5.46. The van der Waals surface area contributed by atoms with E-state index in [2.05, 4.69) is 17.6 Å². The van der Waals surface area contributed by atoms with Crippen LogP contribution in [0.4, 0.5) is 5.69 Å². The van der Waals surface area contributed by atoms with Crippen molar-refractivity contribution < 1.29 is 19.6 Å². The van der Waals surface area contributed by atoms with E-state index >= 15 is 0 Å². The highest BCUT2D eigenvalue weighted by Gasteiger charge is 2.26. The van der Waals surface area contributed by atoms with Crippen LogP contribution in [0.1, 0.15) is 51.9 Å². The van der Waals surface area contributed by atoms with E-state index in [0.717, 1.165) is 25.7 Å². The molecule has 2 atom stereocenters. The zero-order chi connectivity index (χ0) is 21.5. The van der Waals surface area contributed by atoms with Crippen molar-refractivity contribution in [2.45, 2.75) is 57.9 Å². The van der Waals surface area contributed by atoms with Gasteiger partial charge in [0.2, 0.25) is 18.2 Å². The highest BCUT2D eigenvalue weighted by atomic mass is 16.5. The first kappa shape index (κ1) is 24.6. The van der Waals surface area contributed by atoms with Gasteiger partial charge in [0, 0.05) is 5.69 Å². The van der Waals surface area contributed by atoms with Gasteiger partial charge in [-0.2, -0.15) is 0 Å². The molecule has 1 aromatic carbocycles. The summed E-state index contributed by atoms with van der Waals surface area (Å²) in [5, 5.41) is 15.6. The number of para-hydroxylation sites is 1. The van der Waals surface area contributed by atoms with Crippen molar-refractivity contribution >= 4 is 23.9 Å². The minimum Gasteiger partial charge on any atom is -0.344 e. The zero-order valence-electron chi connectivity index (χ0n) is 17.2. The van der Waals surface area contributed by atoms with Crippen LogP contribution in [0.2, 0.25) is 0 Å². The Bertz CT molecular complexity index is 612. The molecule has 0 aromatic heterocycles. The lowest BCUT2D eigenvalue weighted by Gasteiger charge is -2.24. The van der Waals surface area contributed by atoms with Crippen LogP contribution in [0.15, 0.2) is 30.3 Å². The number of anilines is 1. The van der Waals surface area contributed by atoms with Crippen LogP contribution >= 0.6 is 0 Å². The Balaban J connectivity index is 2.81. The van der Waals surface area contributed by atoms with Gasteiger partial charge >= 0.3 is 0 Å². The van der Waals surface area contributed by atoms with E-state index in [0.29, 0.717) is 36.6 Å². The van der Waals surface area contributed by atoms with Crippen LogP contribution in [-0.4, -0.2) is 47.6 Å². The molecule has 0 aliphatic rings. The predicted octanol–water partition coefficient (Wildman–Crippen LogP) is 2.28. The molecule has 0 spiro atoms. The number of carbonyl (C=O) groups excluding carboxylic acids is 3. The number of carbonyl (C=O) groups is 3. The summed E-state index contributed by atoms with van der Waals surface area (Å²) < 4.78 is 0. The van der Waals surface area contributed by atoms with Gasteiger partial charge in [-0.15, -0.1) is 0 Å². The van der Waals surface area contributed by atoms with E-state index in [1.807, 2.05) is 18.2 Å². The molecule has 1 aromatic rings. The SMILES string of the molecule is CCCCC[C@H](CN(O)C=O)C(=O)N[C@@H](CCCCN)C(=O)Nc1ccccc1. The fraction of sp³-hybridized carbons (Fsp3) is 0.571.